The Hall–Kier alpha value is -3.22. The summed E-state index contributed by atoms with van der Waals surface area (Å²) in [5.41, 5.74) is 2.40. The van der Waals surface area contributed by atoms with Crippen LogP contribution in [0.1, 0.15) is 23.7 Å². The lowest BCUT2D eigenvalue weighted by atomic mass is 10.2. The highest BCUT2D eigenvalue weighted by Gasteiger charge is 2.22. The molecule has 0 aliphatic carbocycles. The van der Waals surface area contributed by atoms with Crippen molar-refractivity contribution in [1.82, 2.24) is 9.47 Å². The topological polar surface area (TPSA) is 96.6 Å². The van der Waals surface area contributed by atoms with Crippen molar-refractivity contribution in [2.75, 3.05) is 45.3 Å². The Kier molecular flexibility index (Phi) is 8.73. The van der Waals surface area contributed by atoms with E-state index in [0.29, 0.717) is 35.8 Å². The summed E-state index contributed by atoms with van der Waals surface area (Å²) in [7, 11) is 1.53. The van der Waals surface area contributed by atoms with Crippen molar-refractivity contribution in [2.24, 2.45) is 0 Å². The number of methoxy groups -OCH3 is 1. The molecule has 1 amide bonds. The van der Waals surface area contributed by atoms with Crippen LogP contribution in [0.3, 0.4) is 0 Å². The van der Waals surface area contributed by atoms with Crippen LogP contribution >= 0.6 is 0 Å². The second kappa shape index (κ2) is 11.2. The molecule has 166 valence electrons. The molecule has 0 atom stereocenters. The fourth-order valence-electron chi connectivity index (χ4n) is 3.17. The highest BCUT2D eigenvalue weighted by molar-refractivity contribution is 5.94. The maximum atomic E-state index is 13.4. The molecule has 1 aromatic heterocycles. The number of anilines is 1. The van der Waals surface area contributed by atoms with Gasteiger partial charge < -0.3 is 14.8 Å². The van der Waals surface area contributed by atoms with Crippen molar-refractivity contribution in [3.8, 4) is 11.8 Å². The average Bonchev–Trinajstić information content (AvgIpc) is 2.96. The van der Waals surface area contributed by atoms with Crippen LogP contribution in [0.4, 0.5) is 10.2 Å². The van der Waals surface area contributed by atoms with E-state index in [2.05, 4.69) is 11.4 Å². The Morgan fingerprint density at radius 2 is 1.90 bits per heavy atom. The van der Waals surface area contributed by atoms with Crippen LogP contribution in [-0.4, -0.2) is 61.3 Å². The molecule has 0 spiro atoms. The Balaban J connectivity index is 2.30. The predicted molar refractivity (Wildman–Crippen MR) is 113 cm³/mol. The molecule has 0 unspecified atom stereocenters. The van der Waals surface area contributed by atoms with E-state index in [1.54, 1.807) is 35.4 Å². The fourth-order valence-corrected chi connectivity index (χ4v) is 3.17. The van der Waals surface area contributed by atoms with Crippen molar-refractivity contribution >= 4 is 17.7 Å². The number of amides is 1. The first-order valence-electron chi connectivity index (χ1n) is 9.87. The van der Waals surface area contributed by atoms with Crippen LogP contribution in [-0.2, 0) is 19.1 Å². The molecule has 2 rings (SSSR count). The van der Waals surface area contributed by atoms with E-state index in [0.717, 1.165) is 5.69 Å². The smallest absolute Gasteiger partial charge is 0.320 e. The number of carbonyl (C=O) groups excluding carboxylic acids is 2. The highest BCUT2D eigenvalue weighted by Crippen LogP contribution is 2.30. The molecule has 0 saturated heterocycles. The SMILES string of the molecule is CCOC(=O)CN(CCOC)CC(=O)Nc1c(C#N)c(C)c(C)n1-c1ccc(F)cc1. The van der Waals surface area contributed by atoms with Crippen LogP contribution in [0.25, 0.3) is 5.69 Å². The maximum absolute atomic E-state index is 13.4. The molecule has 1 N–H and O–H groups in total. The summed E-state index contributed by atoms with van der Waals surface area (Å²) in [6.45, 7) is 6.09. The van der Waals surface area contributed by atoms with Gasteiger partial charge in [0.15, 0.2) is 0 Å². The zero-order valence-electron chi connectivity index (χ0n) is 18.2. The lowest BCUT2D eigenvalue weighted by Gasteiger charge is -2.21. The largest absolute Gasteiger partial charge is 0.465 e. The molecular weight excluding hydrogens is 403 g/mol. The van der Waals surface area contributed by atoms with Crippen LogP contribution in [0.15, 0.2) is 24.3 Å². The van der Waals surface area contributed by atoms with E-state index in [9.17, 15) is 19.2 Å². The number of carbonyl (C=O) groups is 2. The number of benzene rings is 1. The van der Waals surface area contributed by atoms with Gasteiger partial charge in [-0.2, -0.15) is 5.26 Å². The monoisotopic (exact) mass is 430 g/mol. The van der Waals surface area contributed by atoms with Gasteiger partial charge in [-0.05, 0) is 50.6 Å². The van der Waals surface area contributed by atoms with Gasteiger partial charge in [-0.15, -0.1) is 0 Å². The Morgan fingerprint density at radius 1 is 1.23 bits per heavy atom. The Bertz CT molecular complexity index is 963. The standard InChI is InChI=1S/C22H27FN4O4/c1-5-31-21(29)14-26(10-11-30-4)13-20(28)25-22-19(12-24)15(2)16(3)27(22)18-8-6-17(23)7-9-18/h6-9H,5,10-11,13-14H2,1-4H3,(H,25,28). The summed E-state index contributed by atoms with van der Waals surface area (Å²) in [4.78, 5) is 26.3. The molecule has 0 fully saturated rings. The number of hydrogen-bond acceptors (Lipinski definition) is 6. The average molecular weight is 430 g/mol. The van der Waals surface area contributed by atoms with Crippen LogP contribution in [0.5, 0.6) is 0 Å². The number of nitrogens with zero attached hydrogens (tertiary/aromatic N) is 3. The molecule has 0 aliphatic heterocycles. The first-order chi connectivity index (χ1) is 14.8. The highest BCUT2D eigenvalue weighted by atomic mass is 19.1. The maximum Gasteiger partial charge on any atom is 0.320 e. The molecule has 31 heavy (non-hydrogen) atoms. The van der Waals surface area contributed by atoms with Gasteiger partial charge in [0, 0.05) is 25.0 Å². The van der Waals surface area contributed by atoms with Gasteiger partial charge in [0.2, 0.25) is 5.91 Å². The third kappa shape index (κ3) is 6.13. The lowest BCUT2D eigenvalue weighted by molar-refractivity contribution is -0.144. The van der Waals surface area contributed by atoms with E-state index in [1.807, 2.05) is 6.92 Å². The minimum Gasteiger partial charge on any atom is -0.465 e. The van der Waals surface area contributed by atoms with Gasteiger partial charge in [0.1, 0.15) is 17.7 Å². The Labute approximate surface area is 181 Å². The zero-order valence-corrected chi connectivity index (χ0v) is 18.2. The van der Waals surface area contributed by atoms with Crippen LogP contribution < -0.4 is 5.32 Å². The third-order valence-corrected chi connectivity index (χ3v) is 4.80. The van der Waals surface area contributed by atoms with Gasteiger partial charge in [-0.3, -0.25) is 19.1 Å². The van der Waals surface area contributed by atoms with Crippen molar-refractivity contribution in [3.05, 3.63) is 46.9 Å². The molecule has 0 aliphatic rings. The Morgan fingerprint density at radius 3 is 2.48 bits per heavy atom. The van der Waals surface area contributed by atoms with Gasteiger partial charge in [0.05, 0.1) is 31.9 Å². The molecule has 1 heterocycles. The van der Waals surface area contributed by atoms with Crippen molar-refractivity contribution < 1.29 is 23.5 Å². The minimum absolute atomic E-state index is 0.0627. The van der Waals surface area contributed by atoms with E-state index >= 15 is 0 Å². The third-order valence-electron chi connectivity index (χ3n) is 4.80. The van der Waals surface area contributed by atoms with Crippen LogP contribution in [0, 0.1) is 31.0 Å². The summed E-state index contributed by atoms with van der Waals surface area (Å²) in [6.07, 6.45) is 0. The first-order valence-corrected chi connectivity index (χ1v) is 9.87. The van der Waals surface area contributed by atoms with Crippen LogP contribution in [0.2, 0.25) is 0 Å². The second-order valence-electron chi connectivity index (χ2n) is 6.91. The quantitative estimate of drug-likeness (QED) is 0.582. The first kappa shape index (κ1) is 24.1. The summed E-state index contributed by atoms with van der Waals surface area (Å²) < 4.78 is 25.1. The number of ether oxygens (including phenoxy) is 2. The van der Waals surface area contributed by atoms with Gasteiger partial charge in [-0.1, -0.05) is 0 Å². The van der Waals surface area contributed by atoms with Crippen molar-refractivity contribution in [2.45, 2.75) is 20.8 Å². The minimum atomic E-state index is -0.439. The summed E-state index contributed by atoms with van der Waals surface area (Å²) >= 11 is 0. The van der Waals surface area contributed by atoms with Gasteiger partial charge in [-0.25, -0.2) is 4.39 Å². The van der Waals surface area contributed by atoms with E-state index in [-0.39, 0.29) is 25.5 Å². The lowest BCUT2D eigenvalue weighted by Crippen LogP contribution is -2.39. The molecular formula is C22H27FN4O4. The zero-order chi connectivity index (χ0) is 23.0. The predicted octanol–water partition coefficient (Wildman–Crippen LogP) is 2.55. The molecule has 0 bridgehead atoms. The molecule has 0 radical (unpaired) electrons. The number of aromatic nitrogens is 1. The van der Waals surface area contributed by atoms with E-state index in [1.165, 1.54) is 19.2 Å². The van der Waals surface area contributed by atoms with E-state index in [4.69, 9.17) is 9.47 Å². The number of esters is 1. The molecule has 8 nitrogen and oxygen atoms in total. The second-order valence-corrected chi connectivity index (χ2v) is 6.91. The van der Waals surface area contributed by atoms with Gasteiger partial charge >= 0.3 is 5.97 Å². The number of rotatable bonds is 10. The normalized spacial score (nSPS) is 10.7. The molecule has 2 aromatic rings. The number of hydrogen-bond donors (Lipinski definition) is 1. The number of nitrogens with one attached hydrogen (secondary N) is 1. The van der Waals surface area contributed by atoms with E-state index < -0.39 is 11.9 Å². The van der Waals surface area contributed by atoms with Crippen molar-refractivity contribution in [1.29, 1.82) is 5.26 Å². The molecule has 9 heteroatoms. The van der Waals surface area contributed by atoms with Crippen molar-refractivity contribution in [3.63, 3.8) is 0 Å². The number of nitriles is 1. The fraction of sp³-hybridized carbons (Fsp3) is 0.409. The summed E-state index contributed by atoms with van der Waals surface area (Å²) in [6, 6.07) is 7.90. The summed E-state index contributed by atoms with van der Waals surface area (Å²) in [5.74, 6) is -0.927. The summed E-state index contributed by atoms with van der Waals surface area (Å²) in [5, 5.41) is 12.4. The molecule has 0 saturated carbocycles. The van der Waals surface area contributed by atoms with Gasteiger partial charge in [0.25, 0.3) is 0 Å². The molecule has 1 aromatic carbocycles. The number of halogens is 1.